The lowest BCUT2D eigenvalue weighted by atomic mass is 10.0. The number of amides is 3. The van der Waals surface area contributed by atoms with Gasteiger partial charge in [0.15, 0.2) is 0 Å². The van der Waals surface area contributed by atoms with Crippen LogP contribution in [-0.4, -0.2) is 35.2 Å². The maximum absolute atomic E-state index is 12.4. The molecule has 124 valence electrons. The van der Waals surface area contributed by atoms with E-state index in [0.29, 0.717) is 18.5 Å². The van der Waals surface area contributed by atoms with Gasteiger partial charge in [-0.05, 0) is 37.1 Å². The van der Waals surface area contributed by atoms with Gasteiger partial charge >= 0.3 is 0 Å². The van der Waals surface area contributed by atoms with E-state index in [9.17, 15) is 14.4 Å². The lowest BCUT2D eigenvalue weighted by molar-refractivity contribution is -0.136. The fraction of sp³-hybridized carbons (Fsp3) is 0.471. The quantitative estimate of drug-likeness (QED) is 0.835. The Morgan fingerprint density at radius 2 is 2.00 bits per heavy atom. The molecule has 2 aliphatic heterocycles. The number of carbonyl (C=O) groups excluding carboxylic acids is 3. The standard InChI is InChI=1S/C15H17N3O3.C2H6/c1-2-16-10-3-4-11-9(7-10)8-18(15(11)21)12-5-6-13(19)17-14(12)20;1-2/h3-4,7,12,16H,2,5-6,8H2,1H3,(H,17,19,20);1-2H3. The summed E-state index contributed by atoms with van der Waals surface area (Å²) in [6.07, 6.45) is 0.670. The molecule has 1 atom stereocenters. The monoisotopic (exact) mass is 317 g/mol. The number of rotatable bonds is 3. The maximum Gasteiger partial charge on any atom is 0.255 e. The number of nitrogens with one attached hydrogen (secondary N) is 2. The highest BCUT2D eigenvalue weighted by Gasteiger charge is 2.38. The van der Waals surface area contributed by atoms with Crippen molar-refractivity contribution in [2.45, 2.75) is 46.2 Å². The Morgan fingerprint density at radius 3 is 2.65 bits per heavy atom. The van der Waals surface area contributed by atoms with Crippen LogP contribution in [0.25, 0.3) is 0 Å². The largest absolute Gasteiger partial charge is 0.385 e. The molecule has 3 amide bonds. The number of carbonyl (C=O) groups is 3. The van der Waals surface area contributed by atoms with Crippen LogP contribution in [0.2, 0.25) is 0 Å². The average Bonchev–Trinajstić information content (AvgIpc) is 2.86. The molecule has 1 aromatic rings. The fourth-order valence-corrected chi connectivity index (χ4v) is 2.89. The summed E-state index contributed by atoms with van der Waals surface area (Å²) in [5, 5.41) is 5.51. The summed E-state index contributed by atoms with van der Waals surface area (Å²) in [7, 11) is 0. The first kappa shape index (κ1) is 17.0. The van der Waals surface area contributed by atoms with Crippen molar-refractivity contribution in [2.24, 2.45) is 0 Å². The molecule has 6 heteroatoms. The van der Waals surface area contributed by atoms with E-state index in [0.717, 1.165) is 17.8 Å². The van der Waals surface area contributed by atoms with Crippen LogP contribution in [-0.2, 0) is 16.1 Å². The maximum atomic E-state index is 12.4. The smallest absolute Gasteiger partial charge is 0.255 e. The minimum Gasteiger partial charge on any atom is -0.385 e. The summed E-state index contributed by atoms with van der Waals surface area (Å²) in [6, 6.07) is 5.06. The second-order valence-electron chi connectivity index (χ2n) is 5.30. The van der Waals surface area contributed by atoms with E-state index in [1.807, 2.05) is 32.9 Å². The molecule has 0 bridgehead atoms. The topological polar surface area (TPSA) is 78.5 Å². The van der Waals surface area contributed by atoms with Crippen LogP contribution >= 0.6 is 0 Å². The number of benzene rings is 1. The molecule has 2 N–H and O–H groups in total. The summed E-state index contributed by atoms with van der Waals surface area (Å²) in [6.45, 7) is 7.23. The number of fused-ring (bicyclic) bond motifs is 1. The molecular formula is C17H23N3O3. The average molecular weight is 317 g/mol. The van der Waals surface area contributed by atoms with E-state index in [4.69, 9.17) is 0 Å². The predicted molar refractivity (Wildman–Crippen MR) is 88.0 cm³/mol. The zero-order chi connectivity index (χ0) is 17.0. The molecule has 2 aliphatic rings. The van der Waals surface area contributed by atoms with Crippen molar-refractivity contribution in [3.8, 4) is 0 Å². The molecule has 2 heterocycles. The normalized spacial score (nSPS) is 19.7. The minimum absolute atomic E-state index is 0.137. The summed E-state index contributed by atoms with van der Waals surface area (Å²) < 4.78 is 0. The molecule has 0 radical (unpaired) electrons. The van der Waals surface area contributed by atoms with Gasteiger partial charge in [0.2, 0.25) is 11.8 Å². The van der Waals surface area contributed by atoms with Crippen LogP contribution < -0.4 is 10.6 Å². The minimum atomic E-state index is -0.551. The highest BCUT2D eigenvalue weighted by molar-refractivity contribution is 6.05. The van der Waals surface area contributed by atoms with E-state index in [-0.39, 0.29) is 24.1 Å². The Kier molecular flexibility index (Phi) is 5.36. The van der Waals surface area contributed by atoms with Gasteiger partial charge in [-0.15, -0.1) is 0 Å². The Hall–Kier alpha value is -2.37. The number of hydrogen-bond donors (Lipinski definition) is 2. The molecule has 0 saturated carbocycles. The van der Waals surface area contributed by atoms with E-state index in [1.165, 1.54) is 0 Å². The van der Waals surface area contributed by atoms with Crippen molar-refractivity contribution in [1.82, 2.24) is 10.2 Å². The van der Waals surface area contributed by atoms with Gasteiger partial charge in [0.1, 0.15) is 6.04 Å². The Bertz CT molecular complexity index is 628. The Labute approximate surface area is 136 Å². The van der Waals surface area contributed by atoms with Crippen molar-refractivity contribution in [3.05, 3.63) is 29.3 Å². The third-order valence-electron chi connectivity index (χ3n) is 3.90. The molecule has 0 aliphatic carbocycles. The van der Waals surface area contributed by atoms with Crippen LogP contribution in [0.15, 0.2) is 18.2 Å². The summed E-state index contributed by atoms with van der Waals surface area (Å²) in [4.78, 5) is 37.1. The van der Waals surface area contributed by atoms with Gasteiger partial charge in [-0.25, -0.2) is 0 Å². The van der Waals surface area contributed by atoms with Crippen LogP contribution in [0.4, 0.5) is 5.69 Å². The Morgan fingerprint density at radius 1 is 1.26 bits per heavy atom. The number of anilines is 1. The fourth-order valence-electron chi connectivity index (χ4n) is 2.89. The first-order chi connectivity index (χ1) is 11.1. The number of nitrogens with zero attached hydrogens (tertiary/aromatic N) is 1. The molecule has 1 aromatic carbocycles. The summed E-state index contributed by atoms with van der Waals surface area (Å²) in [5.74, 6) is -0.781. The molecule has 0 spiro atoms. The van der Waals surface area contributed by atoms with Crippen molar-refractivity contribution >= 4 is 23.4 Å². The number of piperidine rings is 1. The molecule has 6 nitrogen and oxygen atoms in total. The van der Waals surface area contributed by atoms with Crippen LogP contribution in [0.3, 0.4) is 0 Å². The third kappa shape index (κ3) is 3.36. The van der Waals surface area contributed by atoms with Gasteiger partial charge in [0.25, 0.3) is 5.91 Å². The molecule has 3 rings (SSSR count). The highest BCUT2D eigenvalue weighted by Crippen LogP contribution is 2.29. The lowest BCUT2D eigenvalue weighted by Gasteiger charge is -2.29. The predicted octanol–water partition coefficient (Wildman–Crippen LogP) is 1.91. The van der Waals surface area contributed by atoms with Crippen molar-refractivity contribution in [1.29, 1.82) is 0 Å². The van der Waals surface area contributed by atoms with Crippen molar-refractivity contribution < 1.29 is 14.4 Å². The molecule has 0 aromatic heterocycles. The van der Waals surface area contributed by atoms with Gasteiger partial charge in [0.05, 0.1) is 0 Å². The SMILES string of the molecule is CC.CCNc1ccc2c(c1)CN(C1CCC(=O)NC1=O)C2=O. The number of imide groups is 1. The van der Waals surface area contributed by atoms with E-state index in [2.05, 4.69) is 10.6 Å². The summed E-state index contributed by atoms with van der Waals surface area (Å²) in [5.41, 5.74) is 2.53. The van der Waals surface area contributed by atoms with Gasteiger partial charge in [-0.1, -0.05) is 13.8 Å². The zero-order valence-electron chi connectivity index (χ0n) is 13.8. The van der Waals surface area contributed by atoms with Gasteiger partial charge < -0.3 is 10.2 Å². The van der Waals surface area contributed by atoms with Crippen molar-refractivity contribution in [3.63, 3.8) is 0 Å². The van der Waals surface area contributed by atoms with Gasteiger partial charge in [-0.2, -0.15) is 0 Å². The first-order valence-corrected chi connectivity index (χ1v) is 8.11. The third-order valence-corrected chi connectivity index (χ3v) is 3.90. The van der Waals surface area contributed by atoms with E-state index < -0.39 is 6.04 Å². The van der Waals surface area contributed by atoms with E-state index >= 15 is 0 Å². The van der Waals surface area contributed by atoms with Crippen LogP contribution in [0.1, 0.15) is 49.5 Å². The second-order valence-corrected chi connectivity index (χ2v) is 5.30. The van der Waals surface area contributed by atoms with E-state index in [1.54, 1.807) is 11.0 Å². The van der Waals surface area contributed by atoms with Gasteiger partial charge in [-0.3, -0.25) is 19.7 Å². The van der Waals surface area contributed by atoms with Crippen LogP contribution in [0, 0.1) is 0 Å². The van der Waals surface area contributed by atoms with Gasteiger partial charge in [0, 0.05) is 30.8 Å². The second kappa shape index (κ2) is 7.26. The molecule has 1 unspecified atom stereocenters. The molecule has 1 saturated heterocycles. The van der Waals surface area contributed by atoms with Crippen molar-refractivity contribution in [2.75, 3.05) is 11.9 Å². The van der Waals surface area contributed by atoms with Crippen LogP contribution in [0.5, 0.6) is 0 Å². The summed E-state index contributed by atoms with van der Waals surface area (Å²) >= 11 is 0. The Balaban J connectivity index is 0.000000924. The first-order valence-electron chi connectivity index (χ1n) is 8.11. The highest BCUT2D eigenvalue weighted by atomic mass is 16.2. The molecule has 1 fully saturated rings. The molecular weight excluding hydrogens is 294 g/mol. The molecule has 23 heavy (non-hydrogen) atoms. The zero-order valence-corrected chi connectivity index (χ0v) is 13.8. The number of hydrogen-bond acceptors (Lipinski definition) is 4. The lowest BCUT2D eigenvalue weighted by Crippen LogP contribution is -2.52.